The number of nitrogens with zero attached hydrogens (tertiary/aromatic N) is 2. The quantitative estimate of drug-likeness (QED) is 0.812. The minimum Gasteiger partial charge on any atom is -0.340 e. The molecule has 0 radical (unpaired) electrons. The number of halogens is 2. The van der Waals surface area contributed by atoms with Crippen LogP contribution in [0.4, 0.5) is 4.39 Å². The van der Waals surface area contributed by atoms with Crippen molar-refractivity contribution in [1.29, 1.82) is 0 Å². The number of benzene rings is 2. The molecule has 0 bridgehead atoms. The largest absolute Gasteiger partial charge is 0.340 e. The number of amides is 1. The van der Waals surface area contributed by atoms with Crippen LogP contribution in [0.1, 0.15) is 23.5 Å². The summed E-state index contributed by atoms with van der Waals surface area (Å²) in [5.41, 5.74) is 1.80. The molecule has 1 heterocycles. The van der Waals surface area contributed by atoms with Crippen molar-refractivity contribution in [2.45, 2.75) is 18.9 Å². The Kier molecular flexibility index (Phi) is 4.96. The van der Waals surface area contributed by atoms with E-state index in [1.54, 1.807) is 12.1 Å². The minimum absolute atomic E-state index is 0.130. The third kappa shape index (κ3) is 3.62. The summed E-state index contributed by atoms with van der Waals surface area (Å²) in [4.78, 5) is 16.9. The Bertz CT molecular complexity index is 770. The van der Waals surface area contributed by atoms with Gasteiger partial charge in [0.2, 0.25) is 5.91 Å². The van der Waals surface area contributed by atoms with Gasteiger partial charge in [-0.15, -0.1) is 0 Å². The fourth-order valence-electron chi connectivity index (χ4n) is 3.80. The highest BCUT2D eigenvalue weighted by atomic mass is 35.5. The lowest BCUT2D eigenvalue weighted by Gasteiger charge is -2.35. The molecule has 136 valence electrons. The van der Waals surface area contributed by atoms with Gasteiger partial charge in [-0.3, -0.25) is 9.69 Å². The first-order valence-corrected chi connectivity index (χ1v) is 9.50. The average Bonchev–Trinajstić information content (AvgIpc) is 3.46. The highest BCUT2D eigenvalue weighted by Crippen LogP contribution is 2.48. The number of hydrogen-bond donors (Lipinski definition) is 0. The molecule has 0 spiro atoms. The summed E-state index contributed by atoms with van der Waals surface area (Å²) in [6.07, 6.45) is 0.952. The lowest BCUT2D eigenvalue weighted by molar-refractivity contribution is -0.134. The molecule has 2 aromatic carbocycles. The zero-order chi connectivity index (χ0) is 18.1. The molecule has 3 nitrogen and oxygen atoms in total. The van der Waals surface area contributed by atoms with Gasteiger partial charge in [-0.25, -0.2) is 4.39 Å². The maximum Gasteiger partial charge on any atom is 0.226 e. The van der Waals surface area contributed by atoms with Crippen LogP contribution in [0, 0.1) is 11.7 Å². The van der Waals surface area contributed by atoms with E-state index in [-0.39, 0.29) is 17.6 Å². The number of rotatable bonds is 4. The third-order valence-electron chi connectivity index (χ3n) is 5.46. The monoisotopic (exact) mass is 372 g/mol. The Hall–Kier alpha value is -1.91. The van der Waals surface area contributed by atoms with E-state index in [4.69, 9.17) is 11.6 Å². The van der Waals surface area contributed by atoms with Crippen LogP contribution in [0.2, 0.25) is 5.02 Å². The molecule has 26 heavy (non-hydrogen) atoms. The first kappa shape index (κ1) is 17.5. The first-order chi connectivity index (χ1) is 12.6. The molecule has 2 unspecified atom stereocenters. The van der Waals surface area contributed by atoms with Crippen LogP contribution in [0.3, 0.4) is 0 Å². The van der Waals surface area contributed by atoms with E-state index >= 15 is 0 Å². The second-order valence-electron chi connectivity index (χ2n) is 7.16. The van der Waals surface area contributed by atoms with Crippen molar-refractivity contribution in [2.24, 2.45) is 5.92 Å². The van der Waals surface area contributed by atoms with E-state index in [9.17, 15) is 9.18 Å². The van der Waals surface area contributed by atoms with E-state index < -0.39 is 0 Å². The molecule has 1 saturated heterocycles. The lowest BCUT2D eigenvalue weighted by Crippen LogP contribution is -2.49. The SMILES string of the molecule is O=C(C1CC1c1ccccc1)N1CCN(Cc2c(F)cccc2Cl)CC1. The van der Waals surface area contributed by atoms with Gasteiger partial charge >= 0.3 is 0 Å². The summed E-state index contributed by atoms with van der Waals surface area (Å²) in [7, 11) is 0. The van der Waals surface area contributed by atoms with Crippen molar-refractivity contribution < 1.29 is 9.18 Å². The summed E-state index contributed by atoms with van der Waals surface area (Å²) in [5, 5.41) is 0.465. The Morgan fingerprint density at radius 1 is 1.04 bits per heavy atom. The molecule has 0 aromatic heterocycles. The van der Waals surface area contributed by atoms with Crippen LogP contribution < -0.4 is 0 Å². The van der Waals surface area contributed by atoms with Crippen LogP contribution in [0.15, 0.2) is 48.5 Å². The summed E-state index contributed by atoms with van der Waals surface area (Å²) in [6, 6.07) is 15.1. The summed E-state index contributed by atoms with van der Waals surface area (Å²) >= 11 is 6.12. The van der Waals surface area contributed by atoms with Gasteiger partial charge in [-0.05, 0) is 30.0 Å². The lowest BCUT2D eigenvalue weighted by atomic mass is 10.1. The van der Waals surface area contributed by atoms with Crippen molar-refractivity contribution >= 4 is 17.5 Å². The second kappa shape index (κ2) is 7.37. The van der Waals surface area contributed by atoms with Gasteiger partial charge in [0, 0.05) is 49.2 Å². The molecule has 2 atom stereocenters. The van der Waals surface area contributed by atoms with E-state index in [1.807, 2.05) is 23.1 Å². The van der Waals surface area contributed by atoms with Gasteiger partial charge in [0.25, 0.3) is 0 Å². The first-order valence-electron chi connectivity index (χ1n) is 9.12. The highest BCUT2D eigenvalue weighted by Gasteiger charge is 2.45. The van der Waals surface area contributed by atoms with Gasteiger partial charge in [0.05, 0.1) is 0 Å². The van der Waals surface area contributed by atoms with Gasteiger partial charge in [-0.1, -0.05) is 48.0 Å². The number of carbonyl (C=O) groups excluding carboxylic acids is 1. The molecular formula is C21H22ClFN2O. The molecule has 0 N–H and O–H groups in total. The Morgan fingerprint density at radius 2 is 1.77 bits per heavy atom. The maximum atomic E-state index is 14.0. The number of carbonyl (C=O) groups is 1. The van der Waals surface area contributed by atoms with Gasteiger partial charge < -0.3 is 4.90 Å². The number of piperazine rings is 1. The van der Waals surface area contributed by atoms with Crippen LogP contribution in [-0.4, -0.2) is 41.9 Å². The van der Waals surface area contributed by atoms with Crippen LogP contribution in [0.25, 0.3) is 0 Å². The fraction of sp³-hybridized carbons (Fsp3) is 0.381. The molecule has 2 aliphatic rings. The van der Waals surface area contributed by atoms with Crippen LogP contribution in [0.5, 0.6) is 0 Å². The highest BCUT2D eigenvalue weighted by molar-refractivity contribution is 6.31. The summed E-state index contributed by atoms with van der Waals surface area (Å²) in [5.74, 6) is 0.506. The Balaban J connectivity index is 1.31. The fourth-order valence-corrected chi connectivity index (χ4v) is 4.03. The van der Waals surface area contributed by atoms with Crippen molar-refractivity contribution in [2.75, 3.05) is 26.2 Å². The zero-order valence-electron chi connectivity index (χ0n) is 14.6. The average molecular weight is 373 g/mol. The minimum atomic E-state index is -0.264. The zero-order valence-corrected chi connectivity index (χ0v) is 15.3. The van der Waals surface area contributed by atoms with Gasteiger partial charge in [0.15, 0.2) is 0 Å². The predicted molar refractivity (Wildman–Crippen MR) is 101 cm³/mol. The van der Waals surface area contributed by atoms with Gasteiger partial charge in [0.1, 0.15) is 5.82 Å². The topological polar surface area (TPSA) is 23.6 Å². The molecule has 1 amide bonds. The number of hydrogen-bond acceptors (Lipinski definition) is 2. The molecule has 1 saturated carbocycles. The van der Waals surface area contributed by atoms with Crippen LogP contribution >= 0.6 is 11.6 Å². The van der Waals surface area contributed by atoms with Gasteiger partial charge in [-0.2, -0.15) is 0 Å². The normalized spacial score (nSPS) is 23.1. The van der Waals surface area contributed by atoms with Crippen molar-refractivity contribution in [3.63, 3.8) is 0 Å². The van der Waals surface area contributed by atoms with E-state index in [1.165, 1.54) is 11.6 Å². The molecule has 2 aromatic rings. The molecule has 1 aliphatic carbocycles. The molecule has 1 aliphatic heterocycles. The third-order valence-corrected chi connectivity index (χ3v) is 5.82. The van der Waals surface area contributed by atoms with E-state index in [0.29, 0.717) is 36.1 Å². The van der Waals surface area contributed by atoms with Crippen LogP contribution in [-0.2, 0) is 11.3 Å². The standard InChI is InChI=1S/C21H22ClFN2O/c22-19-7-4-8-20(23)18(19)14-24-9-11-25(12-10-24)21(26)17-13-16(17)15-5-2-1-3-6-15/h1-8,16-17H,9-14H2. The second-order valence-corrected chi connectivity index (χ2v) is 7.57. The molecule has 4 rings (SSSR count). The Morgan fingerprint density at radius 3 is 2.46 bits per heavy atom. The summed E-state index contributed by atoms with van der Waals surface area (Å²) in [6.45, 7) is 3.38. The van der Waals surface area contributed by atoms with Crippen molar-refractivity contribution in [1.82, 2.24) is 9.80 Å². The smallest absolute Gasteiger partial charge is 0.226 e. The predicted octanol–water partition coefficient (Wildman–Crippen LogP) is 3.93. The van der Waals surface area contributed by atoms with Crippen molar-refractivity contribution in [3.8, 4) is 0 Å². The molecular weight excluding hydrogens is 351 g/mol. The van der Waals surface area contributed by atoms with E-state index in [0.717, 1.165) is 19.5 Å². The Labute approximate surface area is 158 Å². The molecule has 2 fully saturated rings. The van der Waals surface area contributed by atoms with Crippen molar-refractivity contribution in [3.05, 3.63) is 70.5 Å². The molecule has 5 heteroatoms. The summed E-state index contributed by atoms with van der Waals surface area (Å²) < 4.78 is 14.0. The maximum absolute atomic E-state index is 14.0. The van der Waals surface area contributed by atoms with E-state index in [2.05, 4.69) is 17.0 Å².